The fourth-order valence-electron chi connectivity index (χ4n) is 2.03. The van der Waals surface area contributed by atoms with Crippen LogP contribution in [0.15, 0.2) is 0 Å². The fourth-order valence-corrected chi connectivity index (χ4v) is 3.30. The Kier molecular flexibility index (Phi) is 3.53. The zero-order valence-corrected chi connectivity index (χ0v) is 11.6. The minimum Gasteiger partial charge on any atom is -0.375 e. The molecule has 0 spiro atoms. The summed E-state index contributed by atoms with van der Waals surface area (Å²) in [4.78, 5) is 6.86. The van der Waals surface area contributed by atoms with E-state index in [1.165, 1.54) is 16.2 Å². The van der Waals surface area contributed by atoms with Gasteiger partial charge in [-0.1, -0.05) is 0 Å². The van der Waals surface area contributed by atoms with Gasteiger partial charge >= 0.3 is 0 Å². The molecule has 17 heavy (non-hydrogen) atoms. The lowest BCUT2D eigenvalue weighted by Crippen LogP contribution is -2.48. The van der Waals surface area contributed by atoms with Gasteiger partial charge in [0.15, 0.2) is 16.2 Å². The Bertz CT molecular complexity index is 419. The molecule has 5 nitrogen and oxygen atoms in total. The Labute approximate surface area is 107 Å². The smallest absolute Gasteiger partial charge is 0.180 e. The summed E-state index contributed by atoms with van der Waals surface area (Å²) in [5.41, 5.74) is 6.73. The normalized spacial score (nSPS) is 19.7. The SMILES string of the molecule is CC(C)(N1CCc2nc(N)sc2CC1)S(=O)O. The predicted molar refractivity (Wildman–Crippen MR) is 70.4 cm³/mol. The molecule has 0 saturated heterocycles. The van der Waals surface area contributed by atoms with Gasteiger partial charge in [-0.15, -0.1) is 11.3 Å². The molecule has 1 aromatic heterocycles. The molecule has 0 radical (unpaired) electrons. The first kappa shape index (κ1) is 12.9. The van der Waals surface area contributed by atoms with Crippen molar-refractivity contribution in [1.29, 1.82) is 0 Å². The van der Waals surface area contributed by atoms with Crippen LogP contribution in [-0.4, -0.2) is 36.6 Å². The molecule has 7 heteroatoms. The van der Waals surface area contributed by atoms with E-state index in [1.807, 2.05) is 4.90 Å². The highest BCUT2D eigenvalue weighted by Gasteiger charge is 2.34. The Balaban J connectivity index is 2.15. The maximum atomic E-state index is 11.3. The molecular formula is C10H17N3O2S2. The maximum Gasteiger partial charge on any atom is 0.180 e. The molecule has 0 fully saturated rings. The molecule has 0 amide bonds. The Morgan fingerprint density at radius 2 is 2.12 bits per heavy atom. The Hall–Kier alpha value is -0.500. The van der Waals surface area contributed by atoms with Gasteiger partial charge in [0, 0.05) is 24.4 Å². The molecule has 1 aromatic rings. The van der Waals surface area contributed by atoms with Crippen molar-refractivity contribution < 1.29 is 8.76 Å². The molecule has 1 aliphatic heterocycles. The van der Waals surface area contributed by atoms with Gasteiger partial charge in [-0.25, -0.2) is 9.19 Å². The number of thiazole rings is 1. The van der Waals surface area contributed by atoms with E-state index in [1.54, 1.807) is 13.8 Å². The zero-order chi connectivity index (χ0) is 12.6. The summed E-state index contributed by atoms with van der Waals surface area (Å²) in [5, 5.41) is 0.619. The zero-order valence-electron chi connectivity index (χ0n) is 9.97. The van der Waals surface area contributed by atoms with Crippen LogP contribution < -0.4 is 5.73 Å². The molecule has 1 unspecified atom stereocenters. The van der Waals surface area contributed by atoms with Gasteiger partial charge in [-0.05, 0) is 20.3 Å². The number of hydrogen-bond acceptors (Lipinski definition) is 5. The first-order chi connectivity index (χ1) is 7.91. The van der Waals surface area contributed by atoms with Gasteiger partial charge in [-0.2, -0.15) is 0 Å². The van der Waals surface area contributed by atoms with Gasteiger partial charge in [-0.3, -0.25) is 4.90 Å². The van der Waals surface area contributed by atoms with Crippen LogP contribution in [0.5, 0.6) is 0 Å². The van der Waals surface area contributed by atoms with Crippen LogP contribution in [0.3, 0.4) is 0 Å². The van der Waals surface area contributed by atoms with Crippen LogP contribution in [0.25, 0.3) is 0 Å². The number of nitrogen functional groups attached to an aromatic ring is 1. The number of fused-ring (bicyclic) bond motifs is 1. The highest BCUT2D eigenvalue weighted by atomic mass is 32.2. The number of hydrogen-bond donors (Lipinski definition) is 2. The van der Waals surface area contributed by atoms with E-state index in [-0.39, 0.29) is 0 Å². The highest BCUT2D eigenvalue weighted by molar-refractivity contribution is 7.80. The molecule has 96 valence electrons. The lowest BCUT2D eigenvalue weighted by molar-refractivity contribution is 0.192. The van der Waals surface area contributed by atoms with Gasteiger partial charge in [0.1, 0.15) is 4.87 Å². The van der Waals surface area contributed by atoms with Crippen LogP contribution in [0.4, 0.5) is 5.13 Å². The lowest BCUT2D eigenvalue weighted by atomic mass is 10.2. The van der Waals surface area contributed by atoms with E-state index in [9.17, 15) is 8.76 Å². The minimum absolute atomic E-state index is 0.619. The largest absolute Gasteiger partial charge is 0.375 e. The van der Waals surface area contributed by atoms with Gasteiger partial charge in [0.2, 0.25) is 0 Å². The third kappa shape index (κ3) is 2.52. The van der Waals surface area contributed by atoms with Crippen molar-refractivity contribution in [3.63, 3.8) is 0 Å². The Morgan fingerprint density at radius 1 is 1.47 bits per heavy atom. The second kappa shape index (κ2) is 4.64. The van der Waals surface area contributed by atoms with E-state index in [4.69, 9.17) is 5.73 Å². The van der Waals surface area contributed by atoms with Gasteiger partial charge < -0.3 is 10.3 Å². The maximum absolute atomic E-state index is 11.3. The van der Waals surface area contributed by atoms with E-state index >= 15 is 0 Å². The summed E-state index contributed by atoms with van der Waals surface area (Å²) in [6, 6.07) is 0. The van der Waals surface area contributed by atoms with Gasteiger partial charge in [0.25, 0.3) is 0 Å². The van der Waals surface area contributed by atoms with Crippen molar-refractivity contribution >= 4 is 27.5 Å². The first-order valence-corrected chi connectivity index (χ1v) is 7.43. The average Bonchev–Trinajstić information content (AvgIpc) is 2.47. The molecule has 1 aliphatic rings. The molecular weight excluding hydrogens is 258 g/mol. The molecule has 0 aliphatic carbocycles. The van der Waals surface area contributed by atoms with E-state index in [0.29, 0.717) is 5.13 Å². The van der Waals surface area contributed by atoms with Crippen molar-refractivity contribution in [1.82, 2.24) is 9.88 Å². The summed E-state index contributed by atoms with van der Waals surface area (Å²) < 4.78 is 20.7. The second-order valence-corrected chi connectivity index (χ2v) is 7.22. The van der Waals surface area contributed by atoms with E-state index in [0.717, 1.165) is 31.6 Å². The monoisotopic (exact) mass is 275 g/mol. The quantitative estimate of drug-likeness (QED) is 0.790. The lowest BCUT2D eigenvalue weighted by Gasteiger charge is -2.34. The molecule has 2 rings (SSSR count). The molecule has 0 bridgehead atoms. The summed E-state index contributed by atoms with van der Waals surface area (Å²) in [6.07, 6.45) is 1.65. The van der Waals surface area contributed by atoms with Crippen LogP contribution in [0.2, 0.25) is 0 Å². The van der Waals surface area contributed by atoms with Crippen molar-refractivity contribution in [3.8, 4) is 0 Å². The van der Waals surface area contributed by atoms with Crippen molar-refractivity contribution in [2.45, 2.75) is 31.6 Å². The third-order valence-corrected chi connectivity index (χ3v) is 5.31. The molecule has 0 saturated carbocycles. The van der Waals surface area contributed by atoms with E-state index < -0.39 is 16.0 Å². The van der Waals surface area contributed by atoms with Crippen molar-refractivity contribution in [2.24, 2.45) is 0 Å². The number of anilines is 1. The predicted octanol–water partition coefficient (Wildman–Crippen LogP) is 1.08. The summed E-state index contributed by atoms with van der Waals surface area (Å²) >= 11 is -0.328. The molecule has 0 aromatic carbocycles. The highest BCUT2D eigenvalue weighted by Crippen LogP contribution is 2.27. The van der Waals surface area contributed by atoms with E-state index in [2.05, 4.69) is 4.98 Å². The standard InChI is InChI=1S/C10H17N3O2S2/c1-10(2,17(14)15)13-5-3-7-8(4-6-13)16-9(11)12-7/h3-6H2,1-2H3,(H2,11,12)(H,14,15). The third-order valence-electron chi connectivity index (χ3n) is 3.21. The number of nitrogens with two attached hydrogens (primary N) is 1. The average molecular weight is 275 g/mol. The molecule has 2 heterocycles. The summed E-state index contributed by atoms with van der Waals surface area (Å²) in [7, 11) is 0. The molecule has 3 N–H and O–H groups in total. The fraction of sp³-hybridized carbons (Fsp3) is 0.700. The van der Waals surface area contributed by atoms with Crippen LogP contribution in [0.1, 0.15) is 24.4 Å². The second-order valence-electron chi connectivity index (χ2n) is 4.60. The Morgan fingerprint density at radius 3 is 2.76 bits per heavy atom. The van der Waals surface area contributed by atoms with Crippen LogP contribution in [-0.2, 0) is 23.9 Å². The molecule has 1 atom stereocenters. The topological polar surface area (TPSA) is 79.5 Å². The minimum atomic E-state index is -1.85. The van der Waals surface area contributed by atoms with Gasteiger partial charge in [0.05, 0.1) is 5.69 Å². The summed E-state index contributed by atoms with van der Waals surface area (Å²) in [6.45, 7) is 5.11. The number of rotatable bonds is 2. The number of aromatic nitrogens is 1. The summed E-state index contributed by atoms with van der Waals surface area (Å²) in [5.74, 6) is 0. The number of nitrogens with zero attached hydrogens (tertiary/aromatic N) is 2. The van der Waals surface area contributed by atoms with Crippen LogP contribution in [0, 0.1) is 0 Å². The first-order valence-electron chi connectivity index (χ1n) is 5.51. The van der Waals surface area contributed by atoms with Crippen molar-refractivity contribution in [2.75, 3.05) is 18.8 Å². The van der Waals surface area contributed by atoms with Crippen molar-refractivity contribution in [3.05, 3.63) is 10.6 Å². The van der Waals surface area contributed by atoms with Crippen LogP contribution >= 0.6 is 11.3 Å².